The Hall–Kier alpha value is -0.510. The fourth-order valence-electron chi connectivity index (χ4n) is 0.606. The summed E-state index contributed by atoms with van der Waals surface area (Å²) in [5.74, 6) is 0. The second-order valence-electron chi connectivity index (χ2n) is 2.24. The van der Waals surface area contributed by atoms with Crippen LogP contribution in [0.5, 0.6) is 0 Å². The van der Waals surface area contributed by atoms with Crippen LogP contribution in [0.4, 0.5) is 8.78 Å². The lowest BCUT2D eigenvalue weighted by atomic mass is 10.7. The van der Waals surface area contributed by atoms with Gasteiger partial charge in [0.2, 0.25) is 0 Å². The van der Waals surface area contributed by atoms with Gasteiger partial charge in [-0.15, -0.1) is 0 Å². The fraction of sp³-hybridized carbons (Fsp3) is 0.500. The van der Waals surface area contributed by atoms with Crippen molar-refractivity contribution in [2.75, 3.05) is 19.4 Å². The highest BCUT2D eigenvalue weighted by atomic mass is 31.2. The lowest BCUT2D eigenvalue weighted by Gasteiger charge is -2.14. The van der Waals surface area contributed by atoms with Crippen LogP contribution in [0, 0.1) is 0 Å². The monoisotopic (exact) mass is 226 g/mol. The Bertz CT molecular complexity index is 221. The summed E-state index contributed by atoms with van der Waals surface area (Å²) in [5.41, 5.74) is 0. The summed E-state index contributed by atoms with van der Waals surface area (Å²) in [7, 11) is -3.20. The van der Waals surface area contributed by atoms with Gasteiger partial charge < -0.3 is 9.05 Å². The molecule has 0 aliphatic carbocycles. The SMILES string of the molecule is CCP(=O)(OCC=CF)OCC=CF. The van der Waals surface area contributed by atoms with Crippen LogP contribution >= 0.6 is 7.60 Å². The smallest absolute Gasteiger partial charge is 0.304 e. The van der Waals surface area contributed by atoms with Gasteiger partial charge in [-0.05, 0) is 12.2 Å². The van der Waals surface area contributed by atoms with Gasteiger partial charge in [-0.1, -0.05) is 6.92 Å². The lowest BCUT2D eigenvalue weighted by Crippen LogP contribution is -1.98. The summed E-state index contributed by atoms with van der Waals surface area (Å²) in [6, 6.07) is 0. The van der Waals surface area contributed by atoms with E-state index in [0.29, 0.717) is 12.7 Å². The highest BCUT2D eigenvalue weighted by Gasteiger charge is 2.20. The molecule has 0 aliphatic rings. The van der Waals surface area contributed by atoms with Crippen molar-refractivity contribution in [2.24, 2.45) is 0 Å². The molecular weight excluding hydrogens is 213 g/mol. The number of hydrogen-bond donors (Lipinski definition) is 0. The maximum Gasteiger partial charge on any atom is 0.331 e. The van der Waals surface area contributed by atoms with Gasteiger partial charge in [0, 0.05) is 6.16 Å². The van der Waals surface area contributed by atoms with Crippen molar-refractivity contribution in [3.8, 4) is 0 Å². The zero-order chi connectivity index (χ0) is 10.9. The van der Waals surface area contributed by atoms with E-state index in [1.807, 2.05) is 0 Å². The van der Waals surface area contributed by atoms with Crippen LogP contribution < -0.4 is 0 Å². The maximum absolute atomic E-state index is 11.6. The third-order valence-corrected chi connectivity index (χ3v) is 3.16. The van der Waals surface area contributed by atoms with E-state index >= 15 is 0 Å². The second-order valence-corrected chi connectivity index (χ2v) is 4.61. The Morgan fingerprint density at radius 1 is 1.14 bits per heavy atom. The third-order valence-electron chi connectivity index (χ3n) is 1.30. The van der Waals surface area contributed by atoms with E-state index in [1.165, 1.54) is 0 Å². The molecule has 0 aliphatic heterocycles. The molecule has 0 aromatic rings. The van der Waals surface area contributed by atoms with Gasteiger partial charge in [-0.2, -0.15) is 0 Å². The summed E-state index contributed by atoms with van der Waals surface area (Å²) in [6.07, 6.45) is 2.88. The molecule has 0 saturated heterocycles. The van der Waals surface area contributed by atoms with Crippen LogP contribution in [-0.2, 0) is 13.6 Å². The third kappa shape index (κ3) is 6.02. The van der Waals surface area contributed by atoms with E-state index in [1.54, 1.807) is 6.92 Å². The van der Waals surface area contributed by atoms with E-state index in [2.05, 4.69) is 0 Å². The van der Waals surface area contributed by atoms with Crippen molar-refractivity contribution >= 4 is 7.60 Å². The summed E-state index contributed by atoms with van der Waals surface area (Å²) in [5, 5.41) is 0. The van der Waals surface area contributed by atoms with Gasteiger partial charge >= 0.3 is 7.60 Å². The minimum atomic E-state index is -3.20. The summed E-state index contributed by atoms with van der Waals surface area (Å²) in [6.45, 7) is 1.36. The average Bonchev–Trinajstić information content (AvgIpc) is 2.19. The van der Waals surface area contributed by atoms with Crippen molar-refractivity contribution in [3.05, 3.63) is 24.8 Å². The number of hydrogen-bond acceptors (Lipinski definition) is 3. The van der Waals surface area contributed by atoms with E-state index < -0.39 is 7.60 Å². The van der Waals surface area contributed by atoms with Gasteiger partial charge in [0.25, 0.3) is 0 Å². The van der Waals surface area contributed by atoms with Crippen LogP contribution in [0.15, 0.2) is 24.8 Å². The summed E-state index contributed by atoms with van der Waals surface area (Å²) in [4.78, 5) is 0. The first-order valence-electron chi connectivity index (χ1n) is 4.07. The zero-order valence-corrected chi connectivity index (χ0v) is 8.75. The molecule has 0 fully saturated rings. The minimum absolute atomic E-state index is 0.124. The van der Waals surface area contributed by atoms with Crippen molar-refractivity contribution in [1.82, 2.24) is 0 Å². The van der Waals surface area contributed by atoms with Gasteiger partial charge in [-0.3, -0.25) is 4.57 Å². The van der Waals surface area contributed by atoms with Crippen molar-refractivity contribution in [3.63, 3.8) is 0 Å². The standard InChI is InChI=1S/C8H13F2O3P/c1-2-14(11,12-7-3-5-9)13-8-4-6-10/h3-6H,2,7-8H2,1H3. The first-order valence-corrected chi connectivity index (χ1v) is 5.80. The molecule has 0 amide bonds. The first kappa shape index (κ1) is 13.5. The Balaban J connectivity index is 3.97. The number of halogens is 2. The van der Waals surface area contributed by atoms with Gasteiger partial charge in [-0.25, -0.2) is 8.78 Å². The predicted octanol–water partition coefficient (Wildman–Crippen LogP) is 3.20. The predicted molar refractivity (Wildman–Crippen MR) is 50.5 cm³/mol. The largest absolute Gasteiger partial charge is 0.331 e. The molecule has 0 radical (unpaired) electrons. The summed E-state index contributed by atoms with van der Waals surface area (Å²) < 4.78 is 44.3. The molecule has 3 nitrogen and oxygen atoms in total. The molecule has 0 N–H and O–H groups in total. The van der Waals surface area contributed by atoms with Crippen molar-refractivity contribution in [2.45, 2.75) is 6.92 Å². The van der Waals surface area contributed by atoms with E-state index in [0.717, 1.165) is 12.2 Å². The van der Waals surface area contributed by atoms with Crippen molar-refractivity contribution < 1.29 is 22.4 Å². The Kier molecular flexibility index (Phi) is 7.57. The van der Waals surface area contributed by atoms with Crippen molar-refractivity contribution in [1.29, 1.82) is 0 Å². The fourth-order valence-corrected chi connectivity index (χ4v) is 1.67. The Morgan fingerprint density at radius 2 is 1.57 bits per heavy atom. The molecule has 0 rings (SSSR count). The molecule has 6 heteroatoms. The summed E-state index contributed by atoms with van der Waals surface area (Å²) >= 11 is 0. The van der Waals surface area contributed by atoms with Gasteiger partial charge in [0.1, 0.15) is 0 Å². The average molecular weight is 226 g/mol. The zero-order valence-electron chi connectivity index (χ0n) is 7.86. The van der Waals surface area contributed by atoms with Crippen LogP contribution in [0.3, 0.4) is 0 Å². The molecule has 0 aromatic heterocycles. The molecule has 0 unspecified atom stereocenters. The maximum atomic E-state index is 11.6. The van der Waals surface area contributed by atoms with Crippen LogP contribution in [0.25, 0.3) is 0 Å². The molecule has 0 aromatic carbocycles. The first-order chi connectivity index (χ1) is 6.68. The Labute approximate surface area is 81.9 Å². The molecule has 0 saturated carbocycles. The normalized spacial score (nSPS) is 16.5. The topological polar surface area (TPSA) is 35.5 Å². The Morgan fingerprint density at radius 3 is 1.86 bits per heavy atom. The van der Waals surface area contributed by atoms with Gasteiger partial charge in [0.05, 0.1) is 25.9 Å². The van der Waals surface area contributed by atoms with E-state index in [9.17, 15) is 13.3 Å². The van der Waals surface area contributed by atoms with Crippen LogP contribution in [0.1, 0.15) is 6.92 Å². The molecular formula is C8H13F2O3P. The van der Waals surface area contributed by atoms with E-state index in [-0.39, 0.29) is 19.4 Å². The van der Waals surface area contributed by atoms with Crippen LogP contribution in [0.2, 0.25) is 0 Å². The lowest BCUT2D eigenvalue weighted by molar-refractivity contribution is 0.237. The van der Waals surface area contributed by atoms with Gasteiger partial charge in [0.15, 0.2) is 0 Å². The minimum Gasteiger partial charge on any atom is -0.304 e. The highest BCUT2D eigenvalue weighted by Crippen LogP contribution is 2.47. The second kappa shape index (κ2) is 7.85. The quantitative estimate of drug-likeness (QED) is 0.625. The molecule has 0 heterocycles. The van der Waals surface area contributed by atoms with E-state index in [4.69, 9.17) is 9.05 Å². The molecule has 14 heavy (non-hydrogen) atoms. The molecule has 82 valence electrons. The number of rotatable bonds is 7. The highest BCUT2D eigenvalue weighted by molar-refractivity contribution is 7.53. The molecule has 0 spiro atoms. The molecule has 0 bridgehead atoms. The van der Waals surface area contributed by atoms with Crippen LogP contribution in [-0.4, -0.2) is 19.4 Å². The molecule has 0 atom stereocenters.